The first kappa shape index (κ1) is 12.5. The summed E-state index contributed by atoms with van der Waals surface area (Å²) in [4.78, 5) is 0. The molecule has 100 valence electrons. The van der Waals surface area contributed by atoms with Crippen LogP contribution in [0.4, 0.5) is 0 Å². The van der Waals surface area contributed by atoms with E-state index in [2.05, 4.69) is 16.7 Å². The predicted octanol–water partition coefficient (Wildman–Crippen LogP) is 2.89. The van der Waals surface area contributed by atoms with Gasteiger partial charge in [0.1, 0.15) is 31.4 Å². The van der Waals surface area contributed by atoms with E-state index < -0.39 is 0 Å². The van der Waals surface area contributed by atoms with Crippen molar-refractivity contribution in [1.29, 1.82) is 0 Å². The van der Waals surface area contributed by atoms with Gasteiger partial charge in [0.25, 0.3) is 0 Å². The smallest absolute Gasteiger partial charge is 0.199 e. The summed E-state index contributed by atoms with van der Waals surface area (Å²) in [5.74, 6) is 1.82. The summed E-state index contributed by atoms with van der Waals surface area (Å²) in [6, 6.07) is 5.10. The van der Waals surface area contributed by atoms with Gasteiger partial charge in [-0.1, -0.05) is 0 Å². The monoisotopic (exact) mass is 266 g/mol. The highest BCUT2D eigenvalue weighted by Crippen LogP contribution is 2.32. The average molecular weight is 266 g/mol. The molecule has 1 aliphatic heterocycles. The molecule has 0 bridgehead atoms. The summed E-state index contributed by atoms with van der Waals surface area (Å²) < 4.78 is 7.94. The number of benzene rings is 1. The van der Waals surface area contributed by atoms with E-state index in [0.29, 0.717) is 0 Å². The van der Waals surface area contributed by atoms with Gasteiger partial charge in [-0.3, -0.25) is 0 Å². The number of phenols is 1. The van der Waals surface area contributed by atoms with Crippen LogP contribution in [-0.4, -0.2) is 29.5 Å². The first-order valence-corrected chi connectivity index (χ1v) is 6.47. The first-order valence-electron chi connectivity index (χ1n) is 6.47. The minimum atomic E-state index is 0.246. The van der Waals surface area contributed by atoms with Crippen LogP contribution in [-0.2, 0) is 0 Å². The van der Waals surface area contributed by atoms with E-state index in [9.17, 15) is 5.11 Å². The van der Waals surface area contributed by atoms with Gasteiger partial charge < -0.3 is 9.84 Å². The Morgan fingerprint density at radius 1 is 0.950 bits per heavy atom. The molecule has 0 fully saturated rings. The van der Waals surface area contributed by atoms with Gasteiger partial charge in [0.05, 0.1) is 0 Å². The van der Waals surface area contributed by atoms with Gasteiger partial charge in [-0.15, -0.1) is 0 Å². The third-order valence-corrected chi connectivity index (χ3v) is 3.30. The molecule has 0 spiro atoms. The molecule has 0 unspecified atom stereocenters. The van der Waals surface area contributed by atoms with Crippen molar-refractivity contribution >= 4 is 11.8 Å². The van der Waals surface area contributed by atoms with E-state index in [1.54, 1.807) is 18.2 Å². The lowest BCUT2D eigenvalue weighted by Crippen LogP contribution is -2.10. The van der Waals surface area contributed by atoms with E-state index in [1.807, 2.05) is 38.4 Å². The fraction of sp³-hybridized carbons (Fsp3) is 0.118. The Balaban J connectivity index is 1.94. The normalized spacial score (nSPS) is 16.2. The summed E-state index contributed by atoms with van der Waals surface area (Å²) in [7, 11) is 4.03. The zero-order chi connectivity index (χ0) is 14.1. The lowest BCUT2D eigenvalue weighted by atomic mass is 10.0. The minimum Gasteiger partial charge on any atom is -0.508 e. The Bertz CT molecular complexity index is 697. The Morgan fingerprint density at radius 3 is 2.40 bits per heavy atom. The second-order valence-corrected chi connectivity index (χ2v) is 4.96. The molecule has 2 aliphatic rings. The number of allylic oxidation sites excluding steroid dienone is 6. The lowest BCUT2D eigenvalue weighted by Gasteiger charge is -2.17. The number of phenolic OH excluding ortho intramolecular Hbond substituents is 1. The van der Waals surface area contributed by atoms with Crippen LogP contribution in [0, 0.1) is 0 Å². The molecule has 3 rings (SSSR count). The van der Waals surface area contributed by atoms with Crippen LogP contribution in [0.15, 0.2) is 59.9 Å². The highest BCUT2D eigenvalue weighted by molar-refractivity contribution is 6.02. The summed E-state index contributed by atoms with van der Waals surface area (Å²) in [5.41, 5.74) is 3.07. The Labute approximate surface area is 118 Å². The van der Waals surface area contributed by atoms with Crippen LogP contribution >= 0.6 is 0 Å². The first-order chi connectivity index (χ1) is 9.63. The topological polar surface area (TPSA) is 32.5 Å². The molecule has 0 aromatic heterocycles. The summed E-state index contributed by atoms with van der Waals surface area (Å²) in [5, 5.41) is 9.45. The van der Waals surface area contributed by atoms with Crippen LogP contribution in [0.3, 0.4) is 0 Å². The van der Waals surface area contributed by atoms with E-state index in [1.165, 1.54) is 0 Å². The highest BCUT2D eigenvalue weighted by Gasteiger charge is 2.14. The van der Waals surface area contributed by atoms with E-state index in [4.69, 9.17) is 4.74 Å². The highest BCUT2D eigenvalue weighted by atomic mass is 16.5. The number of fused-ring (bicyclic) bond motifs is 1. The number of hydrogen-bond acceptors (Lipinski definition) is 2. The van der Waals surface area contributed by atoms with Crippen LogP contribution < -0.4 is 4.74 Å². The van der Waals surface area contributed by atoms with E-state index in [0.717, 1.165) is 28.4 Å². The molecular formula is C17H16NO2+. The molecule has 1 heterocycles. The molecule has 0 amide bonds. The molecule has 0 saturated carbocycles. The molecule has 1 aromatic rings. The van der Waals surface area contributed by atoms with Crippen molar-refractivity contribution in [3.8, 4) is 11.5 Å². The minimum absolute atomic E-state index is 0.246. The number of ether oxygens (including phenoxy) is 1. The Kier molecular flexibility index (Phi) is 3.03. The Morgan fingerprint density at radius 2 is 1.70 bits per heavy atom. The summed E-state index contributed by atoms with van der Waals surface area (Å²) >= 11 is 0. The predicted molar refractivity (Wildman–Crippen MR) is 80.2 cm³/mol. The van der Waals surface area contributed by atoms with Crippen molar-refractivity contribution in [3.05, 3.63) is 65.5 Å². The van der Waals surface area contributed by atoms with Gasteiger partial charge in [0.15, 0.2) is 5.71 Å². The van der Waals surface area contributed by atoms with Crippen molar-refractivity contribution in [3.63, 3.8) is 0 Å². The molecule has 0 saturated heterocycles. The maximum absolute atomic E-state index is 9.45. The van der Waals surface area contributed by atoms with Gasteiger partial charge in [-0.05, 0) is 42.5 Å². The number of hydrogen-bond donors (Lipinski definition) is 1. The van der Waals surface area contributed by atoms with Crippen molar-refractivity contribution in [2.24, 2.45) is 0 Å². The molecule has 0 radical (unpaired) electrons. The molecule has 0 atom stereocenters. The average Bonchev–Trinajstić information content (AvgIpc) is 2.47. The van der Waals surface area contributed by atoms with Gasteiger partial charge in [0, 0.05) is 23.3 Å². The van der Waals surface area contributed by atoms with Gasteiger partial charge in [0.2, 0.25) is 0 Å². The largest absolute Gasteiger partial charge is 0.508 e. The quantitative estimate of drug-likeness (QED) is 0.732. The summed E-state index contributed by atoms with van der Waals surface area (Å²) in [6.07, 6.45) is 12.1. The van der Waals surface area contributed by atoms with Crippen molar-refractivity contribution in [2.45, 2.75) is 0 Å². The molecule has 1 aliphatic carbocycles. The Hall–Kier alpha value is -2.55. The second-order valence-electron chi connectivity index (χ2n) is 4.96. The SMILES string of the molecule is C[N+](C)=C1C=CC(=C2C=Cc3cc(O)ccc3O2)C=C1. The van der Waals surface area contributed by atoms with Gasteiger partial charge >= 0.3 is 0 Å². The second kappa shape index (κ2) is 4.85. The summed E-state index contributed by atoms with van der Waals surface area (Å²) in [6.45, 7) is 0. The van der Waals surface area contributed by atoms with Crippen LogP contribution in [0.1, 0.15) is 5.56 Å². The molecular weight excluding hydrogens is 250 g/mol. The van der Waals surface area contributed by atoms with Crippen molar-refractivity contribution < 1.29 is 14.4 Å². The zero-order valence-electron chi connectivity index (χ0n) is 11.5. The zero-order valence-corrected chi connectivity index (χ0v) is 11.5. The molecule has 3 heteroatoms. The van der Waals surface area contributed by atoms with Crippen LogP contribution in [0.5, 0.6) is 11.5 Å². The third-order valence-electron chi connectivity index (χ3n) is 3.30. The molecule has 20 heavy (non-hydrogen) atoms. The maximum atomic E-state index is 9.45. The fourth-order valence-electron chi connectivity index (χ4n) is 2.16. The fourth-order valence-corrected chi connectivity index (χ4v) is 2.16. The standard InChI is InChI=1S/C17H15NO2/c1-18(2)14-6-3-12(4-7-14)16-9-5-13-11-15(19)8-10-17(13)20-16/h3-11H,1-2H3/p+1. The van der Waals surface area contributed by atoms with E-state index in [-0.39, 0.29) is 5.75 Å². The van der Waals surface area contributed by atoms with Crippen LogP contribution in [0.2, 0.25) is 0 Å². The van der Waals surface area contributed by atoms with Crippen LogP contribution in [0.25, 0.3) is 6.08 Å². The molecule has 1 aromatic carbocycles. The van der Waals surface area contributed by atoms with E-state index >= 15 is 0 Å². The van der Waals surface area contributed by atoms with Crippen molar-refractivity contribution in [2.75, 3.05) is 14.1 Å². The maximum Gasteiger partial charge on any atom is 0.199 e. The van der Waals surface area contributed by atoms with Gasteiger partial charge in [-0.25, -0.2) is 4.58 Å². The third kappa shape index (κ3) is 2.30. The lowest BCUT2D eigenvalue weighted by molar-refractivity contribution is -0.462. The number of nitrogens with zero attached hydrogens (tertiary/aromatic N) is 1. The number of rotatable bonds is 0. The molecule has 3 nitrogen and oxygen atoms in total. The van der Waals surface area contributed by atoms with Gasteiger partial charge in [-0.2, -0.15) is 0 Å². The number of aromatic hydroxyl groups is 1. The van der Waals surface area contributed by atoms with Crippen molar-refractivity contribution in [1.82, 2.24) is 0 Å². The molecule has 1 N–H and O–H groups in total.